The Balaban J connectivity index is 1.91. The van der Waals surface area contributed by atoms with Gasteiger partial charge in [0.05, 0.1) is 6.04 Å². The van der Waals surface area contributed by atoms with Crippen LogP contribution in [0.25, 0.3) is 0 Å². The van der Waals surface area contributed by atoms with Crippen LogP contribution in [0.3, 0.4) is 0 Å². The lowest BCUT2D eigenvalue weighted by Gasteiger charge is -2.24. The van der Waals surface area contributed by atoms with Gasteiger partial charge in [-0.15, -0.1) is 0 Å². The zero-order chi connectivity index (χ0) is 17.6. The fraction of sp³-hybridized carbons (Fsp3) is 0.455. The maximum absolute atomic E-state index is 6.12. The molecule has 1 aliphatic rings. The monoisotopic (exact) mass is 338 g/mol. The minimum absolute atomic E-state index is 0.191. The first-order valence-electron chi connectivity index (χ1n) is 9.55. The maximum atomic E-state index is 6.12. The van der Waals surface area contributed by atoms with E-state index in [1.807, 2.05) is 0 Å². The molecule has 1 unspecified atom stereocenters. The number of hydrogen-bond donors (Lipinski definition) is 1. The van der Waals surface area contributed by atoms with E-state index in [1.54, 1.807) is 0 Å². The number of nitrogens with one attached hydrogen (secondary N) is 1. The van der Waals surface area contributed by atoms with E-state index in [-0.39, 0.29) is 6.04 Å². The molecule has 0 saturated carbocycles. The van der Waals surface area contributed by atoms with Crippen molar-refractivity contribution in [2.24, 2.45) is 0 Å². The van der Waals surface area contributed by atoms with Gasteiger partial charge < -0.3 is 15.0 Å². The highest BCUT2D eigenvalue weighted by Gasteiger charge is 2.24. The van der Waals surface area contributed by atoms with Crippen LogP contribution in [0.1, 0.15) is 49.1 Å². The van der Waals surface area contributed by atoms with Gasteiger partial charge in [0.2, 0.25) is 0 Å². The molecular formula is C22H30N2O. The predicted octanol–water partition coefficient (Wildman–Crippen LogP) is 4.16. The number of rotatable bonds is 7. The lowest BCUT2D eigenvalue weighted by molar-refractivity contribution is 0.298. The first kappa shape index (κ1) is 18.0. The number of ether oxygens (including phenoxy) is 1. The maximum Gasteiger partial charge on any atom is 0.124 e. The quantitative estimate of drug-likeness (QED) is 0.820. The molecule has 25 heavy (non-hydrogen) atoms. The summed E-state index contributed by atoms with van der Waals surface area (Å²) in [5.41, 5.74) is 5.24. The van der Waals surface area contributed by atoms with Gasteiger partial charge in [0, 0.05) is 18.7 Å². The minimum Gasteiger partial charge on any atom is -0.489 e. The van der Waals surface area contributed by atoms with E-state index in [0.29, 0.717) is 6.61 Å². The molecule has 0 aliphatic carbocycles. The van der Waals surface area contributed by atoms with E-state index in [9.17, 15) is 0 Å². The molecule has 3 heteroatoms. The Labute approximate surface area is 152 Å². The van der Waals surface area contributed by atoms with Crippen molar-refractivity contribution in [3.05, 3.63) is 64.7 Å². The van der Waals surface area contributed by atoms with Crippen LogP contribution in [0.2, 0.25) is 0 Å². The molecule has 3 rings (SSSR count). The van der Waals surface area contributed by atoms with Gasteiger partial charge in [0.15, 0.2) is 0 Å². The van der Waals surface area contributed by atoms with E-state index >= 15 is 0 Å². The summed E-state index contributed by atoms with van der Waals surface area (Å²) >= 11 is 0. The molecule has 0 saturated heterocycles. The highest BCUT2D eigenvalue weighted by molar-refractivity contribution is 5.48. The number of hydrogen-bond acceptors (Lipinski definition) is 3. The lowest BCUT2D eigenvalue weighted by atomic mass is 9.93. The second-order valence-electron chi connectivity index (χ2n) is 6.63. The van der Waals surface area contributed by atoms with Crippen molar-refractivity contribution in [1.82, 2.24) is 10.2 Å². The number of nitrogens with zero attached hydrogens (tertiary/aromatic N) is 1. The molecule has 0 fully saturated rings. The Morgan fingerprint density at radius 2 is 1.84 bits per heavy atom. The third-order valence-corrected chi connectivity index (χ3v) is 5.21. The SMILES string of the molecule is CCc1ccc2c(c1)C(NCCN(CC)CC)c1ccccc1CO2. The van der Waals surface area contributed by atoms with Gasteiger partial charge >= 0.3 is 0 Å². The lowest BCUT2D eigenvalue weighted by Crippen LogP contribution is -2.34. The average Bonchev–Trinajstić information content (AvgIpc) is 2.82. The molecule has 0 amide bonds. The van der Waals surface area contributed by atoms with Crippen LogP contribution < -0.4 is 10.1 Å². The summed E-state index contributed by atoms with van der Waals surface area (Å²) in [6, 6.07) is 15.5. The molecule has 0 radical (unpaired) electrons. The van der Waals surface area contributed by atoms with Crippen molar-refractivity contribution >= 4 is 0 Å². The second kappa shape index (κ2) is 8.50. The van der Waals surface area contributed by atoms with Crippen molar-refractivity contribution in [3.63, 3.8) is 0 Å². The van der Waals surface area contributed by atoms with Gasteiger partial charge in [0.1, 0.15) is 12.4 Å². The van der Waals surface area contributed by atoms with Crippen LogP contribution in [0, 0.1) is 0 Å². The largest absolute Gasteiger partial charge is 0.489 e. The summed E-state index contributed by atoms with van der Waals surface area (Å²) in [4.78, 5) is 2.45. The number of fused-ring (bicyclic) bond motifs is 2. The Kier molecular flexibility index (Phi) is 6.11. The Morgan fingerprint density at radius 1 is 1.04 bits per heavy atom. The van der Waals surface area contributed by atoms with Gasteiger partial charge in [0.25, 0.3) is 0 Å². The number of likely N-dealkylation sites (N-methyl/N-ethyl adjacent to an activating group) is 1. The van der Waals surface area contributed by atoms with Gasteiger partial charge in [-0.25, -0.2) is 0 Å². The topological polar surface area (TPSA) is 24.5 Å². The smallest absolute Gasteiger partial charge is 0.124 e. The average molecular weight is 338 g/mol. The third-order valence-electron chi connectivity index (χ3n) is 5.21. The summed E-state index contributed by atoms with van der Waals surface area (Å²) in [6.07, 6.45) is 1.04. The fourth-order valence-corrected chi connectivity index (χ4v) is 3.57. The molecule has 1 N–H and O–H groups in total. The molecular weight excluding hydrogens is 308 g/mol. The highest BCUT2D eigenvalue weighted by atomic mass is 16.5. The number of benzene rings is 2. The van der Waals surface area contributed by atoms with Gasteiger partial charge in [-0.2, -0.15) is 0 Å². The van der Waals surface area contributed by atoms with Crippen molar-refractivity contribution in [2.75, 3.05) is 26.2 Å². The molecule has 0 spiro atoms. The first-order chi connectivity index (χ1) is 12.3. The Bertz CT molecular complexity index is 694. The molecule has 0 bridgehead atoms. The van der Waals surface area contributed by atoms with Crippen molar-refractivity contribution < 1.29 is 4.74 Å². The normalized spacial score (nSPS) is 16.1. The van der Waals surface area contributed by atoms with E-state index < -0.39 is 0 Å². The van der Waals surface area contributed by atoms with Crippen LogP contribution in [0.4, 0.5) is 0 Å². The fourth-order valence-electron chi connectivity index (χ4n) is 3.57. The summed E-state index contributed by atoms with van der Waals surface area (Å²) in [6.45, 7) is 11.5. The summed E-state index contributed by atoms with van der Waals surface area (Å²) in [7, 11) is 0. The third kappa shape index (κ3) is 4.05. The van der Waals surface area contributed by atoms with E-state index in [1.165, 1.54) is 22.3 Å². The van der Waals surface area contributed by atoms with Crippen LogP contribution >= 0.6 is 0 Å². The van der Waals surface area contributed by atoms with Crippen molar-refractivity contribution in [3.8, 4) is 5.75 Å². The first-order valence-corrected chi connectivity index (χ1v) is 9.55. The summed E-state index contributed by atoms with van der Waals surface area (Å²) in [5.74, 6) is 1.01. The summed E-state index contributed by atoms with van der Waals surface area (Å²) in [5, 5.41) is 3.80. The Hall–Kier alpha value is -1.84. The Morgan fingerprint density at radius 3 is 2.60 bits per heavy atom. The molecule has 3 nitrogen and oxygen atoms in total. The molecule has 0 aromatic heterocycles. The van der Waals surface area contributed by atoms with E-state index in [4.69, 9.17) is 4.74 Å². The molecule has 2 aromatic carbocycles. The molecule has 1 heterocycles. The molecule has 1 atom stereocenters. The van der Waals surface area contributed by atoms with Gasteiger partial charge in [-0.3, -0.25) is 0 Å². The van der Waals surface area contributed by atoms with Crippen molar-refractivity contribution in [1.29, 1.82) is 0 Å². The predicted molar refractivity (Wildman–Crippen MR) is 104 cm³/mol. The summed E-state index contributed by atoms with van der Waals surface area (Å²) < 4.78 is 6.12. The van der Waals surface area contributed by atoms with Gasteiger partial charge in [-0.05, 0) is 42.3 Å². The van der Waals surface area contributed by atoms with Crippen LogP contribution in [-0.2, 0) is 13.0 Å². The highest BCUT2D eigenvalue weighted by Crippen LogP contribution is 2.36. The zero-order valence-corrected chi connectivity index (χ0v) is 15.7. The van der Waals surface area contributed by atoms with E-state index in [2.05, 4.69) is 73.5 Å². The second-order valence-corrected chi connectivity index (χ2v) is 6.63. The minimum atomic E-state index is 0.191. The molecule has 1 aliphatic heterocycles. The van der Waals surface area contributed by atoms with Crippen molar-refractivity contribution in [2.45, 2.75) is 39.8 Å². The zero-order valence-electron chi connectivity index (χ0n) is 15.7. The van der Waals surface area contributed by atoms with Crippen LogP contribution in [0.15, 0.2) is 42.5 Å². The standard InChI is InChI=1S/C22H30N2O/c1-4-17-11-12-21-20(15-17)22(23-13-14-24(5-2)6-3)19-10-8-7-9-18(19)16-25-21/h7-12,15,22-23H,4-6,13-14,16H2,1-3H3. The van der Waals surface area contributed by atoms with Crippen LogP contribution in [-0.4, -0.2) is 31.1 Å². The molecule has 134 valence electrons. The van der Waals surface area contributed by atoms with Crippen LogP contribution in [0.5, 0.6) is 5.75 Å². The number of aryl methyl sites for hydroxylation is 1. The van der Waals surface area contributed by atoms with E-state index in [0.717, 1.165) is 38.3 Å². The molecule has 2 aromatic rings. The van der Waals surface area contributed by atoms with Gasteiger partial charge in [-0.1, -0.05) is 57.2 Å².